The van der Waals surface area contributed by atoms with E-state index in [1.807, 2.05) is 54.6 Å². The monoisotopic (exact) mass is 387 g/mol. The van der Waals surface area contributed by atoms with Gasteiger partial charge in [-0.3, -0.25) is 4.79 Å². The van der Waals surface area contributed by atoms with Gasteiger partial charge in [0.25, 0.3) is 0 Å². The molecule has 5 nitrogen and oxygen atoms in total. The second-order valence-electron chi connectivity index (χ2n) is 6.50. The Morgan fingerprint density at radius 1 is 1.00 bits per heavy atom. The molecule has 0 unspecified atom stereocenters. The average Bonchev–Trinajstić information content (AvgIpc) is 2.73. The number of carbonyl (C=O) groups is 2. The van der Waals surface area contributed by atoms with Crippen molar-refractivity contribution in [3.63, 3.8) is 0 Å². The van der Waals surface area contributed by atoms with Crippen molar-refractivity contribution in [2.75, 3.05) is 5.32 Å². The SMILES string of the molecule is Cc1ccc(C(=O)O)cc1NC(=O)/C=C/c1ccc(OCc2ccccc2)cc1. The normalized spacial score (nSPS) is 10.7. The topological polar surface area (TPSA) is 75.6 Å². The van der Waals surface area contributed by atoms with Gasteiger partial charge in [0.2, 0.25) is 5.91 Å². The number of hydrogen-bond donors (Lipinski definition) is 2. The Kier molecular flexibility index (Phi) is 6.43. The van der Waals surface area contributed by atoms with Crippen LogP contribution in [-0.4, -0.2) is 17.0 Å². The third-order valence-corrected chi connectivity index (χ3v) is 4.30. The number of carboxylic acid groups (broad SMARTS) is 1. The fraction of sp³-hybridized carbons (Fsp3) is 0.0833. The summed E-state index contributed by atoms with van der Waals surface area (Å²) in [6, 6.07) is 21.9. The van der Waals surface area contributed by atoms with Gasteiger partial charge in [-0.2, -0.15) is 0 Å². The van der Waals surface area contributed by atoms with Crippen molar-refractivity contribution in [3.8, 4) is 5.75 Å². The molecule has 3 rings (SSSR count). The third kappa shape index (κ3) is 5.81. The summed E-state index contributed by atoms with van der Waals surface area (Å²) in [6.07, 6.45) is 3.10. The van der Waals surface area contributed by atoms with Crippen molar-refractivity contribution in [3.05, 3.63) is 101 Å². The number of hydrogen-bond acceptors (Lipinski definition) is 3. The molecule has 29 heavy (non-hydrogen) atoms. The lowest BCUT2D eigenvalue weighted by Gasteiger charge is -2.08. The molecule has 0 aliphatic rings. The van der Waals surface area contributed by atoms with Crippen molar-refractivity contribution >= 4 is 23.6 Å². The van der Waals surface area contributed by atoms with E-state index < -0.39 is 5.97 Å². The highest BCUT2D eigenvalue weighted by molar-refractivity contribution is 6.03. The zero-order chi connectivity index (χ0) is 20.6. The molecular weight excluding hydrogens is 366 g/mol. The third-order valence-electron chi connectivity index (χ3n) is 4.30. The van der Waals surface area contributed by atoms with Crippen molar-refractivity contribution in [2.45, 2.75) is 13.5 Å². The summed E-state index contributed by atoms with van der Waals surface area (Å²) in [5, 5.41) is 11.8. The summed E-state index contributed by atoms with van der Waals surface area (Å²) in [6.45, 7) is 2.30. The molecule has 0 aliphatic carbocycles. The highest BCUT2D eigenvalue weighted by Crippen LogP contribution is 2.18. The number of nitrogens with one attached hydrogen (secondary N) is 1. The van der Waals surface area contributed by atoms with Gasteiger partial charge in [-0.15, -0.1) is 0 Å². The zero-order valence-electron chi connectivity index (χ0n) is 16.0. The van der Waals surface area contributed by atoms with Gasteiger partial charge in [0.05, 0.1) is 5.56 Å². The number of aryl methyl sites for hydroxylation is 1. The number of ether oxygens (including phenoxy) is 1. The minimum absolute atomic E-state index is 0.126. The van der Waals surface area contributed by atoms with Crippen LogP contribution in [0.25, 0.3) is 6.08 Å². The first-order valence-corrected chi connectivity index (χ1v) is 9.11. The van der Waals surface area contributed by atoms with Crippen LogP contribution >= 0.6 is 0 Å². The van der Waals surface area contributed by atoms with Crippen molar-refractivity contribution < 1.29 is 19.4 Å². The van der Waals surface area contributed by atoms with Gasteiger partial charge in [0, 0.05) is 11.8 Å². The van der Waals surface area contributed by atoms with Crippen LogP contribution in [0.5, 0.6) is 5.75 Å². The fourth-order valence-electron chi connectivity index (χ4n) is 2.65. The van der Waals surface area contributed by atoms with Crippen LogP contribution in [0.4, 0.5) is 5.69 Å². The highest BCUT2D eigenvalue weighted by Gasteiger charge is 2.07. The second-order valence-corrected chi connectivity index (χ2v) is 6.50. The molecule has 0 bridgehead atoms. The number of rotatable bonds is 7. The summed E-state index contributed by atoms with van der Waals surface area (Å²) in [5.74, 6) is -0.623. The first-order chi connectivity index (χ1) is 14.0. The van der Waals surface area contributed by atoms with Gasteiger partial charge >= 0.3 is 5.97 Å². The molecule has 0 aromatic heterocycles. The van der Waals surface area contributed by atoms with E-state index in [1.165, 1.54) is 18.2 Å². The lowest BCUT2D eigenvalue weighted by atomic mass is 10.1. The van der Waals surface area contributed by atoms with Crippen molar-refractivity contribution in [2.24, 2.45) is 0 Å². The Hall–Kier alpha value is -3.86. The van der Waals surface area contributed by atoms with E-state index >= 15 is 0 Å². The highest BCUT2D eigenvalue weighted by atomic mass is 16.5. The van der Waals surface area contributed by atoms with E-state index in [0.29, 0.717) is 12.3 Å². The van der Waals surface area contributed by atoms with Gasteiger partial charge in [0.15, 0.2) is 0 Å². The van der Waals surface area contributed by atoms with E-state index in [-0.39, 0.29) is 11.5 Å². The lowest BCUT2D eigenvalue weighted by Crippen LogP contribution is -2.10. The second kappa shape index (κ2) is 9.37. The van der Waals surface area contributed by atoms with E-state index in [1.54, 1.807) is 19.1 Å². The summed E-state index contributed by atoms with van der Waals surface area (Å²) in [7, 11) is 0. The quantitative estimate of drug-likeness (QED) is 0.564. The largest absolute Gasteiger partial charge is 0.489 e. The molecule has 146 valence electrons. The number of carboxylic acids is 1. The van der Waals surface area contributed by atoms with Crippen LogP contribution in [0.3, 0.4) is 0 Å². The van der Waals surface area contributed by atoms with Crippen LogP contribution < -0.4 is 10.1 Å². The molecule has 0 fully saturated rings. The Morgan fingerprint density at radius 2 is 1.72 bits per heavy atom. The summed E-state index contributed by atoms with van der Waals surface area (Å²) in [5.41, 5.74) is 3.33. The van der Waals surface area contributed by atoms with Gasteiger partial charge in [-0.1, -0.05) is 48.5 Å². The molecule has 1 amide bonds. The standard InChI is InChI=1S/C24H21NO4/c1-17-7-11-20(24(27)28)15-22(17)25-23(26)14-10-18-8-12-21(13-9-18)29-16-19-5-3-2-4-6-19/h2-15H,16H2,1H3,(H,25,26)(H,27,28)/b14-10+. The molecule has 3 aromatic rings. The maximum atomic E-state index is 12.2. The van der Waals surface area contributed by atoms with E-state index in [9.17, 15) is 9.59 Å². The van der Waals surface area contributed by atoms with Gasteiger partial charge in [-0.25, -0.2) is 4.79 Å². The Morgan fingerprint density at radius 3 is 2.41 bits per heavy atom. The zero-order valence-corrected chi connectivity index (χ0v) is 16.0. The number of carbonyl (C=O) groups excluding carboxylic acids is 1. The first-order valence-electron chi connectivity index (χ1n) is 9.11. The smallest absolute Gasteiger partial charge is 0.335 e. The minimum atomic E-state index is -1.04. The van der Waals surface area contributed by atoms with E-state index in [4.69, 9.17) is 9.84 Å². The Labute approximate surface area is 169 Å². The number of aromatic carboxylic acids is 1. The molecule has 5 heteroatoms. The van der Waals surface area contributed by atoms with Gasteiger partial charge in [0.1, 0.15) is 12.4 Å². The Balaban J connectivity index is 1.57. The molecule has 0 spiro atoms. The molecule has 0 atom stereocenters. The number of amides is 1. The van der Waals surface area contributed by atoms with Crippen molar-refractivity contribution in [1.29, 1.82) is 0 Å². The van der Waals surface area contributed by atoms with Crippen LogP contribution in [0.1, 0.15) is 27.0 Å². The minimum Gasteiger partial charge on any atom is -0.489 e. The summed E-state index contributed by atoms with van der Waals surface area (Å²) >= 11 is 0. The molecule has 0 aliphatic heterocycles. The lowest BCUT2D eigenvalue weighted by molar-refractivity contribution is -0.111. The molecular formula is C24H21NO4. The molecule has 0 saturated carbocycles. The summed E-state index contributed by atoms with van der Waals surface area (Å²) < 4.78 is 5.74. The van der Waals surface area contributed by atoms with Crippen LogP contribution in [0.15, 0.2) is 78.9 Å². The van der Waals surface area contributed by atoms with E-state index in [0.717, 1.165) is 22.4 Å². The first kappa shape index (κ1) is 19.9. The molecule has 3 aromatic carbocycles. The fourth-order valence-corrected chi connectivity index (χ4v) is 2.65. The molecule has 0 radical (unpaired) electrons. The van der Waals surface area contributed by atoms with Gasteiger partial charge < -0.3 is 15.2 Å². The molecule has 2 N–H and O–H groups in total. The Bertz CT molecular complexity index is 1020. The molecule has 0 heterocycles. The summed E-state index contributed by atoms with van der Waals surface area (Å²) in [4.78, 5) is 23.3. The van der Waals surface area contributed by atoms with E-state index in [2.05, 4.69) is 5.32 Å². The van der Waals surface area contributed by atoms with Crippen LogP contribution in [0.2, 0.25) is 0 Å². The maximum Gasteiger partial charge on any atom is 0.335 e. The average molecular weight is 387 g/mol. The number of benzene rings is 3. The number of anilines is 1. The van der Waals surface area contributed by atoms with Gasteiger partial charge in [-0.05, 0) is 54.0 Å². The maximum absolute atomic E-state index is 12.2. The van der Waals surface area contributed by atoms with Crippen molar-refractivity contribution in [1.82, 2.24) is 0 Å². The van der Waals surface area contributed by atoms with Crippen LogP contribution in [-0.2, 0) is 11.4 Å². The van der Waals surface area contributed by atoms with Crippen LogP contribution in [0, 0.1) is 6.92 Å². The molecule has 0 saturated heterocycles. The predicted molar refractivity (Wildman–Crippen MR) is 113 cm³/mol. The predicted octanol–water partition coefficient (Wildman–Crippen LogP) is 4.92.